The van der Waals surface area contributed by atoms with Crippen LogP contribution in [0.25, 0.3) is 16.1 Å². The van der Waals surface area contributed by atoms with Crippen molar-refractivity contribution in [2.24, 2.45) is 0 Å². The lowest BCUT2D eigenvalue weighted by Crippen LogP contribution is -2.12. The summed E-state index contributed by atoms with van der Waals surface area (Å²) < 4.78 is 1.53. The largest absolute Gasteiger partial charge is 0.383 e. The summed E-state index contributed by atoms with van der Waals surface area (Å²) in [6, 6.07) is 9.01. The van der Waals surface area contributed by atoms with E-state index in [0.29, 0.717) is 32.4 Å². The molecule has 0 saturated heterocycles. The number of nitrogen functional groups attached to an aromatic ring is 1. The molecule has 28 heavy (non-hydrogen) atoms. The van der Waals surface area contributed by atoms with E-state index in [1.54, 1.807) is 12.3 Å². The number of halogens is 1. The van der Waals surface area contributed by atoms with Crippen molar-refractivity contribution in [1.29, 1.82) is 0 Å². The molecule has 9 heteroatoms. The smallest absolute Gasteiger partial charge is 0.258 e. The molecule has 0 aliphatic heterocycles. The van der Waals surface area contributed by atoms with E-state index in [2.05, 4.69) is 15.0 Å². The number of hydrogen-bond acceptors (Lipinski definition) is 7. The zero-order valence-corrected chi connectivity index (χ0v) is 17.3. The number of fused-ring (bicyclic) bond motifs is 1. The molecule has 0 saturated carbocycles. The van der Waals surface area contributed by atoms with Crippen molar-refractivity contribution in [2.45, 2.75) is 24.3 Å². The molecule has 0 unspecified atom stereocenters. The molecule has 4 aromatic rings. The molecule has 0 fully saturated rings. The topological polar surface area (TPSA) is 86.2 Å². The van der Waals surface area contributed by atoms with Crippen molar-refractivity contribution in [3.63, 3.8) is 0 Å². The van der Waals surface area contributed by atoms with Gasteiger partial charge in [-0.25, -0.2) is 15.0 Å². The Morgan fingerprint density at radius 2 is 2.00 bits per heavy atom. The number of benzene rings is 1. The lowest BCUT2D eigenvalue weighted by Gasteiger charge is -2.12. The second-order valence-electron chi connectivity index (χ2n) is 6.00. The number of thioether (sulfide) groups is 1. The number of aryl methyl sites for hydroxylation is 1. The maximum atomic E-state index is 12.1. The SMILES string of the molecule is CCc1nc(SCc2cc(=O)n3ccsc3n2)nc(N)c1-c1ccc(Cl)cc1. The Balaban J connectivity index is 1.62. The summed E-state index contributed by atoms with van der Waals surface area (Å²) in [6.07, 6.45) is 2.44. The van der Waals surface area contributed by atoms with Gasteiger partial charge in [-0.2, -0.15) is 0 Å². The van der Waals surface area contributed by atoms with Crippen LogP contribution in [0.15, 0.2) is 51.9 Å². The van der Waals surface area contributed by atoms with Gasteiger partial charge in [0.25, 0.3) is 5.56 Å². The van der Waals surface area contributed by atoms with Crippen molar-refractivity contribution >= 4 is 45.5 Å². The van der Waals surface area contributed by atoms with Gasteiger partial charge in [0, 0.05) is 34.0 Å². The first-order valence-electron chi connectivity index (χ1n) is 8.56. The van der Waals surface area contributed by atoms with Crippen molar-refractivity contribution in [3.8, 4) is 11.1 Å². The molecular formula is C19H16ClN5OS2. The summed E-state index contributed by atoms with van der Waals surface area (Å²) in [7, 11) is 0. The van der Waals surface area contributed by atoms with E-state index < -0.39 is 0 Å². The third-order valence-electron chi connectivity index (χ3n) is 4.16. The maximum Gasteiger partial charge on any atom is 0.258 e. The summed E-state index contributed by atoms with van der Waals surface area (Å²) in [4.78, 5) is 26.4. The maximum absolute atomic E-state index is 12.1. The van der Waals surface area contributed by atoms with Gasteiger partial charge in [0.2, 0.25) is 0 Å². The third kappa shape index (κ3) is 3.76. The highest BCUT2D eigenvalue weighted by molar-refractivity contribution is 7.98. The van der Waals surface area contributed by atoms with E-state index in [1.807, 2.05) is 36.6 Å². The van der Waals surface area contributed by atoms with E-state index in [9.17, 15) is 4.79 Å². The number of thiazole rings is 1. The molecule has 0 radical (unpaired) electrons. The summed E-state index contributed by atoms with van der Waals surface area (Å²) in [6.45, 7) is 2.03. The third-order valence-corrected chi connectivity index (χ3v) is 6.05. The van der Waals surface area contributed by atoms with Crippen LogP contribution in [-0.4, -0.2) is 19.4 Å². The summed E-state index contributed by atoms with van der Waals surface area (Å²) in [5, 5.41) is 3.08. The Bertz CT molecular complexity index is 1200. The van der Waals surface area contributed by atoms with Crippen LogP contribution < -0.4 is 11.3 Å². The van der Waals surface area contributed by atoms with Crippen molar-refractivity contribution in [2.75, 3.05) is 5.73 Å². The highest BCUT2D eigenvalue weighted by Crippen LogP contribution is 2.31. The summed E-state index contributed by atoms with van der Waals surface area (Å²) in [5.74, 6) is 0.922. The second-order valence-corrected chi connectivity index (χ2v) is 8.26. The zero-order chi connectivity index (χ0) is 19.7. The standard InChI is InChI=1S/C19H16ClN5OS2/c1-2-14-16(11-3-5-12(20)6-4-11)17(21)24-18(23-14)28-10-13-9-15(26)25-7-8-27-19(25)22-13/h3-9H,2,10H2,1H3,(H2,21,23,24). The Morgan fingerprint density at radius 3 is 2.75 bits per heavy atom. The molecule has 0 bridgehead atoms. The van der Waals surface area contributed by atoms with Gasteiger partial charge >= 0.3 is 0 Å². The number of aromatic nitrogens is 4. The van der Waals surface area contributed by atoms with E-state index in [-0.39, 0.29) is 5.56 Å². The second kappa shape index (κ2) is 7.90. The number of rotatable bonds is 5. The van der Waals surface area contributed by atoms with Crippen LogP contribution in [0.4, 0.5) is 5.82 Å². The summed E-state index contributed by atoms with van der Waals surface area (Å²) in [5.41, 5.74) is 9.51. The average Bonchev–Trinajstić information content (AvgIpc) is 3.16. The highest BCUT2D eigenvalue weighted by atomic mass is 35.5. The Labute approximate surface area is 174 Å². The molecule has 0 aliphatic carbocycles. The lowest BCUT2D eigenvalue weighted by atomic mass is 10.0. The first-order valence-corrected chi connectivity index (χ1v) is 10.8. The van der Waals surface area contributed by atoms with E-state index in [4.69, 9.17) is 17.3 Å². The van der Waals surface area contributed by atoms with Crippen LogP contribution in [0.5, 0.6) is 0 Å². The van der Waals surface area contributed by atoms with E-state index in [1.165, 1.54) is 27.5 Å². The predicted octanol–water partition coefficient (Wildman–Crippen LogP) is 4.30. The molecule has 0 spiro atoms. The fourth-order valence-electron chi connectivity index (χ4n) is 2.85. The van der Waals surface area contributed by atoms with Crippen LogP contribution in [0, 0.1) is 0 Å². The van der Waals surface area contributed by atoms with Crippen molar-refractivity contribution in [3.05, 3.63) is 68.7 Å². The van der Waals surface area contributed by atoms with Gasteiger partial charge < -0.3 is 5.73 Å². The summed E-state index contributed by atoms with van der Waals surface area (Å²) >= 11 is 8.83. The fraction of sp³-hybridized carbons (Fsp3) is 0.158. The van der Waals surface area contributed by atoms with Gasteiger partial charge in [-0.05, 0) is 24.1 Å². The highest BCUT2D eigenvalue weighted by Gasteiger charge is 2.14. The fourth-order valence-corrected chi connectivity index (χ4v) is 4.48. The molecule has 0 atom stereocenters. The molecule has 4 rings (SSSR count). The average molecular weight is 430 g/mol. The molecule has 3 aromatic heterocycles. The van der Waals surface area contributed by atoms with Crippen LogP contribution >= 0.6 is 34.7 Å². The Hall–Kier alpha value is -2.42. The van der Waals surface area contributed by atoms with Gasteiger partial charge in [-0.3, -0.25) is 9.20 Å². The van der Waals surface area contributed by atoms with Crippen LogP contribution in [0.2, 0.25) is 5.02 Å². The molecule has 6 nitrogen and oxygen atoms in total. The first-order chi connectivity index (χ1) is 13.5. The minimum Gasteiger partial charge on any atom is -0.383 e. The Kier molecular flexibility index (Phi) is 5.34. The van der Waals surface area contributed by atoms with Crippen molar-refractivity contribution in [1.82, 2.24) is 19.4 Å². The van der Waals surface area contributed by atoms with E-state index in [0.717, 1.165) is 23.2 Å². The molecule has 0 aliphatic rings. The van der Waals surface area contributed by atoms with Crippen LogP contribution in [0.1, 0.15) is 18.3 Å². The molecule has 1 aromatic carbocycles. The molecule has 3 heterocycles. The van der Waals surface area contributed by atoms with E-state index >= 15 is 0 Å². The van der Waals surface area contributed by atoms with Gasteiger partial charge in [0.05, 0.1) is 11.4 Å². The molecule has 0 amide bonds. The molecule has 142 valence electrons. The number of anilines is 1. The zero-order valence-electron chi connectivity index (χ0n) is 14.9. The minimum atomic E-state index is -0.0883. The van der Waals surface area contributed by atoms with Gasteiger partial charge in [0.15, 0.2) is 10.1 Å². The molecule has 2 N–H and O–H groups in total. The number of nitrogens with two attached hydrogens (primary N) is 1. The van der Waals surface area contributed by atoms with Crippen LogP contribution in [0.3, 0.4) is 0 Å². The minimum absolute atomic E-state index is 0.0883. The number of nitrogens with zero attached hydrogens (tertiary/aromatic N) is 4. The normalized spacial score (nSPS) is 11.2. The van der Waals surface area contributed by atoms with Crippen molar-refractivity contribution < 1.29 is 0 Å². The first kappa shape index (κ1) is 18.9. The van der Waals surface area contributed by atoms with Crippen LogP contribution in [-0.2, 0) is 12.2 Å². The Morgan fingerprint density at radius 1 is 1.21 bits per heavy atom. The van der Waals surface area contributed by atoms with Gasteiger partial charge in [0.1, 0.15) is 5.82 Å². The lowest BCUT2D eigenvalue weighted by molar-refractivity contribution is 0.899. The quantitative estimate of drug-likeness (QED) is 0.376. The number of hydrogen-bond donors (Lipinski definition) is 1. The van der Waals surface area contributed by atoms with Gasteiger partial charge in [-0.15, -0.1) is 11.3 Å². The predicted molar refractivity (Wildman–Crippen MR) is 115 cm³/mol. The van der Waals surface area contributed by atoms with Gasteiger partial charge in [-0.1, -0.05) is 42.4 Å². The molecular weight excluding hydrogens is 414 g/mol. The monoisotopic (exact) mass is 429 g/mol.